The van der Waals surface area contributed by atoms with Crippen LogP contribution in [-0.4, -0.2) is 54.6 Å². The van der Waals surface area contributed by atoms with Gasteiger partial charge in [0.2, 0.25) is 0 Å². The van der Waals surface area contributed by atoms with E-state index in [0.29, 0.717) is 38.2 Å². The van der Waals surface area contributed by atoms with Crippen LogP contribution in [0.4, 0.5) is 0 Å². The van der Waals surface area contributed by atoms with E-state index in [4.69, 9.17) is 4.74 Å². The highest BCUT2D eigenvalue weighted by Gasteiger charge is 2.32. The molecule has 5 heteroatoms. The van der Waals surface area contributed by atoms with Crippen LogP contribution in [0, 0.1) is 6.92 Å². The molecule has 0 saturated carbocycles. The molecule has 1 aromatic carbocycles. The lowest BCUT2D eigenvalue weighted by Crippen LogP contribution is -2.47. The smallest absolute Gasteiger partial charge is 0.254 e. The van der Waals surface area contributed by atoms with E-state index in [0.717, 1.165) is 10.5 Å². The number of hydrogen-bond donors (Lipinski definition) is 1. The van der Waals surface area contributed by atoms with E-state index in [2.05, 4.69) is 0 Å². The highest BCUT2D eigenvalue weighted by molar-refractivity contribution is 7.98. The van der Waals surface area contributed by atoms with E-state index in [9.17, 15) is 9.90 Å². The van der Waals surface area contributed by atoms with Crippen molar-refractivity contribution < 1.29 is 14.6 Å². The van der Waals surface area contributed by atoms with Crippen molar-refractivity contribution in [1.29, 1.82) is 0 Å². The third-order valence-electron chi connectivity index (χ3n) is 3.98. The molecule has 1 aromatic rings. The molecule has 0 aliphatic carbocycles. The van der Waals surface area contributed by atoms with Gasteiger partial charge in [0.05, 0.1) is 5.60 Å². The SMILES string of the molecule is CSc1ccc(C)c(C(=O)N(C)CC2(O)CCOCC2)c1. The zero-order valence-corrected chi connectivity index (χ0v) is 13.7. The molecule has 1 aliphatic heterocycles. The number of likely N-dealkylation sites (N-methyl/N-ethyl adjacent to an activating group) is 1. The molecular formula is C16H23NO3S. The van der Waals surface area contributed by atoms with Crippen molar-refractivity contribution >= 4 is 17.7 Å². The second kappa shape index (κ2) is 6.81. The van der Waals surface area contributed by atoms with E-state index in [1.54, 1.807) is 23.7 Å². The number of aryl methyl sites for hydroxylation is 1. The van der Waals surface area contributed by atoms with Crippen LogP contribution in [0.25, 0.3) is 0 Å². The number of amides is 1. The van der Waals surface area contributed by atoms with E-state index < -0.39 is 5.60 Å². The van der Waals surface area contributed by atoms with E-state index in [-0.39, 0.29) is 5.91 Å². The van der Waals surface area contributed by atoms with E-state index >= 15 is 0 Å². The standard InChI is InChI=1S/C16H23NO3S/c1-12-4-5-13(21-3)10-14(12)15(18)17(2)11-16(19)6-8-20-9-7-16/h4-5,10,19H,6-9,11H2,1-3H3. The minimum Gasteiger partial charge on any atom is -0.388 e. The predicted molar refractivity (Wildman–Crippen MR) is 84.9 cm³/mol. The number of hydrogen-bond acceptors (Lipinski definition) is 4. The number of carbonyl (C=O) groups is 1. The molecule has 2 rings (SSSR count). The maximum absolute atomic E-state index is 12.6. The molecule has 21 heavy (non-hydrogen) atoms. The van der Waals surface area contributed by atoms with Gasteiger partial charge in [-0.1, -0.05) is 6.07 Å². The maximum atomic E-state index is 12.6. The second-order valence-corrected chi connectivity index (χ2v) is 6.56. The number of aliphatic hydroxyl groups is 1. The minimum absolute atomic E-state index is 0.0386. The summed E-state index contributed by atoms with van der Waals surface area (Å²) in [6.07, 6.45) is 3.15. The summed E-state index contributed by atoms with van der Waals surface area (Å²) < 4.78 is 5.27. The largest absolute Gasteiger partial charge is 0.388 e. The van der Waals surface area contributed by atoms with Crippen molar-refractivity contribution in [2.45, 2.75) is 30.3 Å². The first-order valence-electron chi connectivity index (χ1n) is 7.15. The summed E-state index contributed by atoms with van der Waals surface area (Å²) in [5.41, 5.74) is 0.844. The number of benzene rings is 1. The monoisotopic (exact) mass is 309 g/mol. The molecule has 1 N–H and O–H groups in total. The van der Waals surface area contributed by atoms with Crippen LogP contribution in [0.15, 0.2) is 23.1 Å². The number of rotatable bonds is 4. The Hall–Kier alpha value is -1.04. The van der Waals surface area contributed by atoms with Crippen molar-refractivity contribution in [3.8, 4) is 0 Å². The first-order valence-corrected chi connectivity index (χ1v) is 8.38. The fourth-order valence-corrected chi connectivity index (χ4v) is 3.03. The van der Waals surface area contributed by atoms with Gasteiger partial charge in [0, 0.05) is 50.1 Å². The molecule has 0 atom stereocenters. The number of carbonyl (C=O) groups excluding carboxylic acids is 1. The van der Waals surface area contributed by atoms with Crippen molar-refractivity contribution in [3.05, 3.63) is 29.3 Å². The normalized spacial score (nSPS) is 17.5. The Morgan fingerprint density at radius 2 is 2.10 bits per heavy atom. The Kier molecular flexibility index (Phi) is 5.30. The Balaban J connectivity index is 2.11. The summed E-state index contributed by atoms with van der Waals surface area (Å²) >= 11 is 1.62. The molecule has 0 spiro atoms. The molecule has 1 saturated heterocycles. The third-order valence-corrected chi connectivity index (χ3v) is 4.70. The van der Waals surface area contributed by atoms with E-state index in [1.165, 1.54) is 0 Å². The Morgan fingerprint density at radius 1 is 1.43 bits per heavy atom. The average molecular weight is 309 g/mol. The predicted octanol–water partition coefficient (Wildman–Crippen LogP) is 2.33. The molecule has 1 fully saturated rings. The van der Waals surface area contributed by atoms with Crippen LogP contribution >= 0.6 is 11.8 Å². The number of thioether (sulfide) groups is 1. The molecule has 116 valence electrons. The molecule has 1 heterocycles. The summed E-state index contributed by atoms with van der Waals surface area (Å²) in [7, 11) is 1.75. The summed E-state index contributed by atoms with van der Waals surface area (Å²) in [6, 6.07) is 5.91. The van der Waals surface area contributed by atoms with Gasteiger partial charge >= 0.3 is 0 Å². The van der Waals surface area contributed by atoms with Gasteiger partial charge in [-0.25, -0.2) is 0 Å². The van der Waals surface area contributed by atoms with Crippen molar-refractivity contribution in [2.24, 2.45) is 0 Å². The molecule has 1 amide bonds. The molecule has 1 aliphatic rings. The van der Waals surface area contributed by atoms with Gasteiger partial charge in [0.15, 0.2) is 0 Å². The topological polar surface area (TPSA) is 49.8 Å². The van der Waals surface area contributed by atoms with Crippen LogP contribution in [0.1, 0.15) is 28.8 Å². The average Bonchev–Trinajstić information content (AvgIpc) is 2.47. The zero-order valence-electron chi connectivity index (χ0n) is 12.9. The molecule has 0 aromatic heterocycles. The number of nitrogens with zero attached hydrogens (tertiary/aromatic N) is 1. The van der Waals surface area contributed by atoms with Crippen LogP contribution in [0.3, 0.4) is 0 Å². The van der Waals surface area contributed by atoms with Crippen LogP contribution < -0.4 is 0 Å². The van der Waals surface area contributed by atoms with Gasteiger partial charge in [-0.15, -0.1) is 11.8 Å². The van der Waals surface area contributed by atoms with Crippen molar-refractivity contribution in [2.75, 3.05) is 33.1 Å². The van der Waals surface area contributed by atoms with Gasteiger partial charge in [-0.3, -0.25) is 4.79 Å². The van der Waals surface area contributed by atoms with Gasteiger partial charge in [-0.2, -0.15) is 0 Å². The highest BCUT2D eigenvalue weighted by atomic mass is 32.2. The first-order chi connectivity index (χ1) is 9.95. The van der Waals surface area contributed by atoms with Gasteiger partial charge in [0.1, 0.15) is 0 Å². The number of ether oxygens (including phenoxy) is 1. The summed E-state index contributed by atoms with van der Waals surface area (Å²) in [6.45, 7) is 3.39. The quantitative estimate of drug-likeness (QED) is 0.867. The molecule has 0 radical (unpaired) electrons. The fraction of sp³-hybridized carbons (Fsp3) is 0.562. The molecular weight excluding hydrogens is 286 g/mol. The van der Waals surface area contributed by atoms with Gasteiger partial charge in [0.25, 0.3) is 5.91 Å². The zero-order chi connectivity index (χ0) is 15.5. The van der Waals surface area contributed by atoms with Crippen LogP contribution in [0.2, 0.25) is 0 Å². The molecule has 4 nitrogen and oxygen atoms in total. The minimum atomic E-state index is -0.826. The maximum Gasteiger partial charge on any atom is 0.254 e. The highest BCUT2D eigenvalue weighted by Crippen LogP contribution is 2.24. The Labute approximate surface area is 130 Å². The second-order valence-electron chi connectivity index (χ2n) is 5.68. The molecule has 0 unspecified atom stereocenters. The first kappa shape index (κ1) is 16.3. The van der Waals surface area contributed by atoms with Crippen molar-refractivity contribution in [3.63, 3.8) is 0 Å². The lowest BCUT2D eigenvalue weighted by molar-refractivity contribution is -0.0734. The van der Waals surface area contributed by atoms with Crippen LogP contribution in [0.5, 0.6) is 0 Å². The summed E-state index contributed by atoms with van der Waals surface area (Å²) in [5, 5.41) is 10.5. The Morgan fingerprint density at radius 3 is 2.71 bits per heavy atom. The van der Waals surface area contributed by atoms with E-state index in [1.807, 2.05) is 31.4 Å². The lowest BCUT2D eigenvalue weighted by Gasteiger charge is -2.35. The molecule has 0 bridgehead atoms. The van der Waals surface area contributed by atoms with Gasteiger partial charge < -0.3 is 14.7 Å². The summed E-state index contributed by atoms with van der Waals surface area (Å²) in [4.78, 5) is 15.3. The Bertz CT molecular complexity index is 512. The summed E-state index contributed by atoms with van der Waals surface area (Å²) in [5.74, 6) is -0.0386. The van der Waals surface area contributed by atoms with Crippen molar-refractivity contribution in [1.82, 2.24) is 4.90 Å². The van der Waals surface area contributed by atoms with Crippen LogP contribution in [-0.2, 0) is 4.74 Å². The van der Waals surface area contributed by atoms with Gasteiger partial charge in [-0.05, 0) is 30.9 Å². The fourth-order valence-electron chi connectivity index (χ4n) is 2.59. The lowest BCUT2D eigenvalue weighted by atomic mass is 9.93. The third kappa shape index (κ3) is 3.99.